The number of amides is 2. The third kappa shape index (κ3) is 6.92. The van der Waals surface area contributed by atoms with Gasteiger partial charge in [-0.05, 0) is 31.6 Å². The molecule has 30 heavy (non-hydrogen) atoms. The highest BCUT2D eigenvalue weighted by Gasteiger charge is 2.39. The molecule has 1 aliphatic rings. The zero-order chi connectivity index (χ0) is 23.0. The predicted octanol–water partition coefficient (Wildman–Crippen LogP) is 2.66. The Labute approximate surface area is 183 Å². The molecule has 7 heteroatoms. The van der Waals surface area contributed by atoms with Crippen LogP contribution in [0.4, 0.5) is 0 Å². The minimum atomic E-state index is -0.365. The van der Waals surface area contributed by atoms with Gasteiger partial charge >= 0.3 is 0 Å². The Kier molecular flexibility index (Phi) is 11.3. The fourth-order valence-corrected chi connectivity index (χ4v) is 4.77. The topological polar surface area (TPSA) is 85.1 Å². The van der Waals surface area contributed by atoms with Crippen molar-refractivity contribution in [2.45, 2.75) is 97.1 Å². The number of nitrogens with zero attached hydrogens (tertiary/aromatic N) is 2. The largest absolute Gasteiger partial charge is 0.379 e. The van der Waals surface area contributed by atoms with E-state index in [9.17, 15) is 9.59 Å². The summed E-state index contributed by atoms with van der Waals surface area (Å²) in [5, 5.41) is 0. The van der Waals surface area contributed by atoms with Crippen molar-refractivity contribution in [1.29, 1.82) is 0 Å². The fourth-order valence-electron chi connectivity index (χ4n) is 4.77. The Hall–Kier alpha value is -1.18. The van der Waals surface area contributed by atoms with Crippen molar-refractivity contribution < 1.29 is 19.1 Å². The number of rotatable bonds is 12. The SMILES string of the molecule is CCC(C)C(C(CC(=O)N1CCCC1C(OC)C(C)C)OC)N(C)C(=O)CC(C)N. The van der Waals surface area contributed by atoms with E-state index in [1.807, 2.05) is 11.8 Å². The van der Waals surface area contributed by atoms with Crippen LogP contribution >= 0.6 is 0 Å². The molecule has 2 N–H and O–H groups in total. The van der Waals surface area contributed by atoms with Crippen LogP contribution in [0.25, 0.3) is 0 Å². The van der Waals surface area contributed by atoms with E-state index in [-0.39, 0.29) is 60.9 Å². The lowest BCUT2D eigenvalue weighted by molar-refractivity contribution is -0.144. The maximum Gasteiger partial charge on any atom is 0.225 e. The van der Waals surface area contributed by atoms with Gasteiger partial charge in [0, 0.05) is 40.3 Å². The smallest absolute Gasteiger partial charge is 0.225 e. The molecule has 1 aliphatic heterocycles. The summed E-state index contributed by atoms with van der Waals surface area (Å²) in [5.74, 6) is 0.597. The summed E-state index contributed by atoms with van der Waals surface area (Å²) < 4.78 is 11.5. The third-order valence-electron chi connectivity index (χ3n) is 6.55. The zero-order valence-corrected chi connectivity index (χ0v) is 20.4. The number of carbonyl (C=O) groups is 2. The van der Waals surface area contributed by atoms with E-state index in [1.54, 1.807) is 26.2 Å². The molecule has 2 amide bonds. The molecular formula is C23H45N3O4. The van der Waals surface area contributed by atoms with Gasteiger partial charge in [-0.3, -0.25) is 9.59 Å². The van der Waals surface area contributed by atoms with Crippen LogP contribution in [0, 0.1) is 11.8 Å². The monoisotopic (exact) mass is 427 g/mol. The number of carbonyl (C=O) groups excluding carboxylic acids is 2. The predicted molar refractivity (Wildman–Crippen MR) is 120 cm³/mol. The molecule has 1 rings (SSSR count). The normalized spacial score (nSPS) is 21.9. The van der Waals surface area contributed by atoms with Crippen LogP contribution in [0.1, 0.15) is 66.7 Å². The molecular weight excluding hydrogens is 382 g/mol. The lowest BCUT2D eigenvalue weighted by Crippen LogP contribution is -2.52. The molecule has 0 spiro atoms. The van der Waals surface area contributed by atoms with E-state index in [2.05, 4.69) is 27.7 Å². The van der Waals surface area contributed by atoms with Crippen LogP contribution in [0.15, 0.2) is 0 Å². The van der Waals surface area contributed by atoms with Crippen molar-refractivity contribution in [2.75, 3.05) is 27.8 Å². The lowest BCUT2D eigenvalue weighted by atomic mass is 9.90. The van der Waals surface area contributed by atoms with Gasteiger partial charge in [-0.25, -0.2) is 0 Å². The van der Waals surface area contributed by atoms with Crippen LogP contribution in [0.3, 0.4) is 0 Å². The first-order chi connectivity index (χ1) is 14.1. The highest BCUT2D eigenvalue weighted by atomic mass is 16.5. The van der Waals surface area contributed by atoms with Gasteiger partial charge in [0.05, 0.1) is 30.7 Å². The lowest BCUT2D eigenvalue weighted by Gasteiger charge is -2.39. The van der Waals surface area contributed by atoms with E-state index < -0.39 is 0 Å². The number of methoxy groups -OCH3 is 2. The molecule has 1 heterocycles. The van der Waals surface area contributed by atoms with Crippen molar-refractivity contribution in [3.8, 4) is 0 Å². The molecule has 176 valence electrons. The standard InChI is InChI=1S/C23H45N3O4/c1-9-16(4)22(25(6)20(27)13-17(5)24)19(29-7)14-21(28)26-12-10-11-18(26)23(30-8)15(2)3/h15-19,22-23H,9-14,24H2,1-8H3. The van der Waals surface area contributed by atoms with E-state index in [0.717, 1.165) is 25.8 Å². The van der Waals surface area contributed by atoms with Crippen LogP contribution in [-0.2, 0) is 19.1 Å². The zero-order valence-electron chi connectivity index (χ0n) is 20.4. The van der Waals surface area contributed by atoms with Gasteiger partial charge in [-0.2, -0.15) is 0 Å². The van der Waals surface area contributed by atoms with Gasteiger partial charge in [0.25, 0.3) is 0 Å². The summed E-state index contributed by atoms with van der Waals surface area (Å²) in [4.78, 5) is 29.7. The first-order valence-corrected chi connectivity index (χ1v) is 11.4. The van der Waals surface area contributed by atoms with Gasteiger partial charge in [0.15, 0.2) is 0 Å². The number of nitrogens with two attached hydrogens (primary N) is 1. The van der Waals surface area contributed by atoms with Crippen molar-refractivity contribution in [3.05, 3.63) is 0 Å². The molecule has 0 saturated carbocycles. The molecule has 0 aromatic carbocycles. The van der Waals surface area contributed by atoms with Crippen molar-refractivity contribution >= 4 is 11.8 Å². The average molecular weight is 428 g/mol. The van der Waals surface area contributed by atoms with Crippen molar-refractivity contribution in [3.63, 3.8) is 0 Å². The summed E-state index contributed by atoms with van der Waals surface area (Å²) in [6.07, 6.45) is 3.04. The maximum atomic E-state index is 13.3. The third-order valence-corrected chi connectivity index (χ3v) is 6.55. The molecule has 0 radical (unpaired) electrons. The quantitative estimate of drug-likeness (QED) is 0.518. The molecule has 0 aromatic rings. The Morgan fingerprint density at radius 3 is 2.23 bits per heavy atom. The van der Waals surface area contributed by atoms with Crippen molar-refractivity contribution in [1.82, 2.24) is 9.80 Å². The van der Waals surface area contributed by atoms with E-state index >= 15 is 0 Å². The van der Waals surface area contributed by atoms with Crippen LogP contribution in [-0.4, -0.2) is 79.8 Å². The summed E-state index contributed by atoms with van der Waals surface area (Å²) in [6.45, 7) is 11.0. The molecule has 6 atom stereocenters. The molecule has 7 nitrogen and oxygen atoms in total. The number of hydrogen-bond acceptors (Lipinski definition) is 5. The number of hydrogen-bond donors (Lipinski definition) is 1. The average Bonchev–Trinajstić information content (AvgIpc) is 3.15. The highest BCUT2D eigenvalue weighted by molar-refractivity contribution is 5.79. The molecule has 0 bridgehead atoms. The maximum absolute atomic E-state index is 13.3. The minimum absolute atomic E-state index is 0.0110. The molecule has 6 unspecified atom stereocenters. The van der Waals surface area contributed by atoms with E-state index in [4.69, 9.17) is 15.2 Å². The summed E-state index contributed by atoms with van der Waals surface area (Å²) in [6, 6.07) is -0.286. The van der Waals surface area contributed by atoms with Crippen LogP contribution < -0.4 is 5.73 Å². The van der Waals surface area contributed by atoms with Gasteiger partial charge < -0.3 is 25.0 Å². The minimum Gasteiger partial charge on any atom is -0.379 e. The second kappa shape index (κ2) is 12.6. The van der Waals surface area contributed by atoms with Gasteiger partial charge in [-0.1, -0.05) is 34.1 Å². The Bertz CT molecular complexity index is 541. The molecule has 1 saturated heterocycles. The van der Waals surface area contributed by atoms with Crippen molar-refractivity contribution in [2.24, 2.45) is 17.6 Å². The second-order valence-corrected chi connectivity index (χ2v) is 9.28. The van der Waals surface area contributed by atoms with E-state index in [1.165, 1.54) is 0 Å². The Balaban J connectivity index is 3.01. The first kappa shape index (κ1) is 26.9. The first-order valence-electron chi connectivity index (χ1n) is 11.4. The highest BCUT2D eigenvalue weighted by Crippen LogP contribution is 2.28. The summed E-state index contributed by atoms with van der Waals surface area (Å²) in [5.41, 5.74) is 5.84. The number of ether oxygens (including phenoxy) is 2. The molecule has 0 aliphatic carbocycles. The van der Waals surface area contributed by atoms with Crippen LogP contribution in [0.2, 0.25) is 0 Å². The number of likely N-dealkylation sites (tertiary alicyclic amines) is 1. The summed E-state index contributed by atoms with van der Waals surface area (Å²) in [7, 11) is 5.16. The van der Waals surface area contributed by atoms with Gasteiger partial charge in [0.2, 0.25) is 11.8 Å². The molecule has 0 aromatic heterocycles. The second-order valence-electron chi connectivity index (χ2n) is 9.28. The fraction of sp³-hybridized carbons (Fsp3) is 0.913. The van der Waals surface area contributed by atoms with Gasteiger partial charge in [0.1, 0.15) is 0 Å². The summed E-state index contributed by atoms with van der Waals surface area (Å²) >= 11 is 0. The molecule has 1 fully saturated rings. The van der Waals surface area contributed by atoms with Crippen LogP contribution in [0.5, 0.6) is 0 Å². The van der Waals surface area contributed by atoms with E-state index in [0.29, 0.717) is 5.92 Å². The van der Waals surface area contributed by atoms with Gasteiger partial charge in [-0.15, -0.1) is 0 Å². The Morgan fingerprint density at radius 2 is 1.77 bits per heavy atom. The number of likely N-dealkylation sites (N-methyl/N-ethyl adjacent to an activating group) is 1. The Morgan fingerprint density at radius 1 is 1.13 bits per heavy atom.